The molecule has 2 aromatic heterocycles. The maximum Gasteiger partial charge on any atom is 0.0358 e. The monoisotopic (exact) mass is 712 g/mol. The van der Waals surface area contributed by atoms with Crippen LogP contribution in [0.5, 0.6) is 0 Å². The maximum atomic E-state index is 8.51. The van der Waals surface area contributed by atoms with Gasteiger partial charge in [-0.2, -0.15) is 0 Å². The summed E-state index contributed by atoms with van der Waals surface area (Å²) in [6.45, 7) is 3.77. The average Bonchev–Trinajstić information content (AvgIpc) is 3.06. The molecule has 4 aromatic carbocycles. The largest absolute Gasteiger partial charge is 0.305 e. The van der Waals surface area contributed by atoms with Gasteiger partial charge in [-0.25, -0.2) is 0 Å². The van der Waals surface area contributed by atoms with Crippen LogP contribution in [0.15, 0.2) is 140 Å². The van der Waals surface area contributed by atoms with Gasteiger partial charge >= 0.3 is 0 Å². The van der Waals surface area contributed by atoms with E-state index in [1.54, 1.807) is 36.7 Å². The van der Waals surface area contributed by atoms with Gasteiger partial charge in [0.1, 0.15) is 0 Å². The maximum absolute atomic E-state index is 8.51. The molecule has 0 spiro atoms. The summed E-state index contributed by atoms with van der Waals surface area (Å²) in [6.07, 6.45) is 1.85. The standard InChI is InChI=1S/C20H18N.C18H14N.Ir/c1-15(2)17-11-12-21-20(14-17)19-10-6-9-18(13-19)16-7-4-3-5-8-16;1-3-8-15(9-4-1)14-17-12-7-13-19-18(17)16-10-5-2-6-11-16;/h3-9,11-15H,1-2H3;1-10,12-13H,14H2;/q2*-1;/i15D;14D2;. The number of rotatable bonds is 6. The van der Waals surface area contributed by atoms with Crippen molar-refractivity contribution in [3.63, 3.8) is 0 Å². The van der Waals surface area contributed by atoms with E-state index in [4.69, 9.17) is 4.11 Å². The second-order valence-corrected chi connectivity index (χ2v) is 9.45. The van der Waals surface area contributed by atoms with Crippen LogP contribution in [-0.4, -0.2) is 9.97 Å². The quantitative estimate of drug-likeness (QED) is 0.161. The second-order valence-electron chi connectivity index (χ2n) is 9.45. The first kappa shape index (κ1) is 25.8. The Labute approximate surface area is 261 Å². The molecule has 0 fully saturated rings. The minimum absolute atomic E-state index is 0. The molecular weight excluding hydrogens is 677 g/mol. The Balaban J connectivity index is 0.000000197. The van der Waals surface area contributed by atoms with E-state index >= 15 is 0 Å². The molecule has 0 unspecified atom stereocenters. The molecule has 0 saturated carbocycles. The van der Waals surface area contributed by atoms with Gasteiger partial charge in [-0.05, 0) is 46.9 Å². The zero-order valence-corrected chi connectivity index (χ0v) is 25.4. The first-order valence-electron chi connectivity index (χ1n) is 14.8. The van der Waals surface area contributed by atoms with E-state index in [9.17, 15) is 0 Å². The summed E-state index contributed by atoms with van der Waals surface area (Å²) in [5.74, 6) is -0.630. The van der Waals surface area contributed by atoms with Crippen molar-refractivity contribution in [2.45, 2.75) is 26.1 Å². The van der Waals surface area contributed by atoms with Crippen LogP contribution in [0.25, 0.3) is 33.6 Å². The number of hydrogen-bond donors (Lipinski definition) is 0. The predicted molar refractivity (Wildman–Crippen MR) is 166 cm³/mol. The molecule has 0 bridgehead atoms. The van der Waals surface area contributed by atoms with E-state index < -0.39 is 12.3 Å². The van der Waals surface area contributed by atoms with E-state index in [1.807, 2.05) is 92.7 Å². The van der Waals surface area contributed by atoms with Gasteiger partial charge in [-0.1, -0.05) is 97.8 Å². The number of benzene rings is 4. The van der Waals surface area contributed by atoms with Crippen LogP contribution < -0.4 is 0 Å². The molecule has 2 nitrogen and oxygen atoms in total. The van der Waals surface area contributed by atoms with Crippen LogP contribution in [0.4, 0.5) is 0 Å². The summed E-state index contributed by atoms with van der Waals surface area (Å²) in [5, 5.41) is 0. The van der Waals surface area contributed by atoms with Crippen molar-refractivity contribution < 1.29 is 24.2 Å². The molecule has 0 aliphatic heterocycles. The second kappa shape index (κ2) is 15.0. The van der Waals surface area contributed by atoms with Gasteiger partial charge in [-0.3, -0.25) is 0 Å². The Morgan fingerprint density at radius 2 is 1.41 bits per heavy atom. The van der Waals surface area contributed by atoms with E-state index in [-0.39, 0.29) is 20.1 Å². The molecule has 0 aliphatic carbocycles. The van der Waals surface area contributed by atoms with Gasteiger partial charge < -0.3 is 9.97 Å². The molecule has 205 valence electrons. The van der Waals surface area contributed by atoms with Crippen LogP contribution in [0.2, 0.25) is 0 Å². The molecule has 1 radical (unpaired) electrons. The van der Waals surface area contributed by atoms with E-state index in [2.05, 4.69) is 46.4 Å². The van der Waals surface area contributed by atoms with Crippen LogP contribution in [0, 0.1) is 12.1 Å². The van der Waals surface area contributed by atoms with Crippen molar-refractivity contribution in [3.05, 3.63) is 169 Å². The van der Waals surface area contributed by atoms with E-state index in [0.29, 0.717) is 16.8 Å². The van der Waals surface area contributed by atoms with Gasteiger partial charge in [-0.15, -0.1) is 71.3 Å². The third kappa shape index (κ3) is 8.17. The normalized spacial score (nSPS) is 12.0. The number of hydrogen-bond acceptors (Lipinski definition) is 2. The summed E-state index contributed by atoms with van der Waals surface area (Å²) in [4.78, 5) is 8.81. The third-order valence-electron chi connectivity index (χ3n) is 6.35. The molecule has 0 atom stereocenters. The van der Waals surface area contributed by atoms with Crippen molar-refractivity contribution in [2.75, 3.05) is 0 Å². The first-order valence-corrected chi connectivity index (χ1v) is 13.3. The van der Waals surface area contributed by atoms with Gasteiger partial charge in [0.2, 0.25) is 0 Å². The van der Waals surface area contributed by atoms with Crippen LogP contribution in [0.3, 0.4) is 0 Å². The van der Waals surface area contributed by atoms with Crippen LogP contribution >= 0.6 is 0 Å². The number of nitrogens with zero attached hydrogens (tertiary/aromatic N) is 2. The smallest absolute Gasteiger partial charge is 0.0358 e. The molecule has 0 saturated heterocycles. The Hall–Kier alpha value is -4.17. The molecular formula is C38H32IrN2-2. The molecule has 0 N–H and O–H groups in total. The van der Waals surface area contributed by atoms with Crippen LogP contribution in [0.1, 0.15) is 40.5 Å². The molecule has 2 heterocycles. The Bertz CT molecular complexity index is 1770. The Kier molecular flexibility index (Phi) is 9.43. The van der Waals surface area contributed by atoms with Crippen molar-refractivity contribution in [3.8, 4) is 33.6 Å². The van der Waals surface area contributed by atoms with E-state index in [1.165, 1.54) is 5.56 Å². The number of pyridine rings is 2. The van der Waals surface area contributed by atoms with Crippen LogP contribution in [-0.2, 0) is 26.5 Å². The van der Waals surface area contributed by atoms with Gasteiger partial charge in [0.15, 0.2) is 0 Å². The fourth-order valence-electron chi connectivity index (χ4n) is 4.25. The molecule has 6 rings (SSSR count). The van der Waals surface area contributed by atoms with Crippen molar-refractivity contribution in [1.29, 1.82) is 0 Å². The fourth-order valence-corrected chi connectivity index (χ4v) is 4.25. The van der Waals surface area contributed by atoms with Gasteiger partial charge in [0.05, 0.1) is 0 Å². The van der Waals surface area contributed by atoms with Crippen molar-refractivity contribution in [2.24, 2.45) is 0 Å². The minimum atomic E-state index is -1.60. The Morgan fingerprint density at radius 1 is 0.683 bits per heavy atom. The summed E-state index contributed by atoms with van der Waals surface area (Å²) >= 11 is 0. The SMILES string of the molecule is [2H]C(C)(C)c1ccnc(-c2[c-]ccc(-c3ccccc3)c2)c1.[2H]C([2H])(c1ccccc1)c1cccnc1-c1[c-]cccc1.[Ir]. The Morgan fingerprint density at radius 3 is 2.15 bits per heavy atom. The minimum Gasteiger partial charge on any atom is -0.305 e. The average molecular weight is 712 g/mol. The van der Waals surface area contributed by atoms with Gasteiger partial charge in [0, 0.05) is 36.6 Å². The third-order valence-corrected chi connectivity index (χ3v) is 6.35. The summed E-state index contributed by atoms with van der Waals surface area (Å²) in [6, 6.07) is 46.8. The molecule has 0 amide bonds. The molecule has 6 aromatic rings. The van der Waals surface area contributed by atoms with Gasteiger partial charge in [0.25, 0.3) is 0 Å². The molecule has 3 heteroatoms. The fraction of sp³-hybridized carbons (Fsp3) is 0.105. The predicted octanol–water partition coefficient (Wildman–Crippen LogP) is 9.48. The first-order chi connectivity index (χ1) is 20.7. The van der Waals surface area contributed by atoms with E-state index in [0.717, 1.165) is 27.9 Å². The van der Waals surface area contributed by atoms with Crippen molar-refractivity contribution in [1.82, 2.24) is 9.97 Å². The summed E-state index contributed by atoms with van der Waals surface area (Å²) in [5.41, 5.74) is 7.69. The summed E-state index contributed by atoms with van der Waals surface area (Å²) < 4.78 is 25.2. The topological polar surface area (TPSA) is 25.8 Å². The zero-order chi connectivity index (χ0) is 30.3. The van der Waals surface area contributed by atoms with Crippen molar-refractivity contribution >= 4 is 0 Å². The molecule has 0 aliphatic rings. The zero-order valence-electron chi connectivity index (χ0n) is 26.0. The summed E-state index contributed by atoms with van der Waals surface area (Å²) in [7, 11) is 0. The molecule has 41 heavy (non-hydrogen) atoms. The number of aromatic nitrogens is 2.